The molecule has 1 aliphatic heterocycles. The second kappa shape index (κ2) is 2.63. The van der Waals surface area contributed by atoms with Gasteiger partial charge in [0.05, 0.1) is 11.1 Å². The van der Waals surface area contributed by atoms with Crippen molar-refractivity contribution in [3.05, 3.63) is 20.9 Å². The normalized spacial score (nSPS) is 15.5. The molecule has 0 saturated carbocycles. The van der Waals surface area contributed by atoms with Crippen molar-refractivity contribution in [2.24, 2.45) is 0 Å². The fraction of sp³-hybridized carbons (Fsp3) is 0.250. The minimum atomic E-state index is -0.202. The van der Waals surface area contributed by atoms with Gasteiger partial charge < -0.3 is 0 Å². The van der Waals surface area contributed by atoms with Crippen LogP contribution >= 0.6 is 20.7 Å². The molecule has 0 fully saturated rings. The standard InChI is InChI=1S/C8H8NO2PS/c1-3-5-6(4(2)13-3)8(11)9(12)7(5)10/h12H2,1-2H3. The molecule has 0 aliphatic carbocycles. The first-order valence-electron chi connectivity index (χ1n) is 3.77. The van der Waals surface area contributed by atoms with Crippen molar-refractivity contribution in [2.45, 2.75) is 13.8 Å². The van der Waals surface area contributed by atoms with Crippen LogP contribution in [0.5, 0.6) is 0 Å². The van der Waals surface area contributed by atoms with E-state index in [1.807, 2.05) is 13.8 Å². The second-order valence-electron chi connectivity index (χ2n) is 2.94. The summed E-state index contributed by atoms with van der Waals surface area (Å²) in [5.41, 5.74) is 1.17. The summed E-state index contributed by atoms with van der Waals surface area (Å²) in [6, 6.07) is 0. The molecule has 0 bridgehead atoms. The van der Waals surface area contributed by atoms with E-state index < -0.39 is 0 Å². The number of imide groups is 1. The third-order valence-corrected chi connectivity index (χ3v) is 3.62. The number of amides is 2. The third kappa shape index (κ3) is 0.990. The van der Waals surface area contributed by atoms with Crippen LogP contribution in [0.3, 0.4) is 0 Å². The predicted molar refractivity (Wildman–Crippen MR) is 54.0 cm³/mol. The molecule has 1 aromatic heterocycles. The minimum Gasteiger partial charge on any atom is -0.268 e. The van der Waals surface area contributed by atoms with Crippen LogP contribution in [-0.2, 0) is 0 Å². The van der Waals surface area contributed by atoms with E-state index in [1.54, 1.807) is 0 Å². The van der Waals surface area contributed by atoms with Crippen molar-refractivity contribution >= 4 is 32.5 Å². The first-order valence-corrected chi connectivity index (χ1v) is 5.10. The van der Waals surface area contributed by atoms with Gasteiger partial charge in [0.15, 0.2) is 0 Å². The molecule has 3 nitrogen and oxygen atoms in total. The van der Waals surface area contributed by atoms with E-state index in [4.69, 9.17) is 0 Å². The quantitative estimate of drug-likeness (QED) is 0.486. The molecule has 1 aliphatic rings. The van der Waals surface area contributed by atoms with Gasteiger partial charge in [0.1, 0.15) is 0 Å². The number of fused-ring (bicyclic) bond motifs is 1. The summed E-state index contributed by atoms with van der Waals surface area (Å²) in [6.45, 7) is 3.73. The zero-order chi connectivity index (χ0) is 9.75. The Morgan fingerprint density at radius 2 is 1.46 bits per heavy atom. The molecule has 2 amide bonds. The van der Waals surface area contributed by atoms with Gasteiger partial charge in [-0.05, 0) is 23.2 Å². The molecule has 68 valence electrons. The van der Waals surface area contributed by atoms with Crippen LogP contribution in [0.15, 0.2) is 0 Å². The summed E-state index contributed by atoms with van der Waals surface area (Å²) in [7, 11) is 2.15. The van der Waals surface area contributed by atoms with Gasteiger partial charge in [0.2, 0.25) is 0 Å². The Bertz CT molecular complexity index is 388. The van der Waals surface area contributed by atoms with E-state index >= 15 is 0 Å². The van der Waals surface area contributed by atoms with Crippen LogP contribution in [0.1, 0.15) is 30.5 Å². The Morgan fingerprint density at radius 3 is 1.85 bits per heavy atom. The molecular weight excluding hydrogens is 205 g/mol. The lowest BCUT2D eigenvalue weighted by Gasteiger charge is -2.04. The van der Waals surface area contributed by atoms with E-state index in [9.17, 15) is 9.59 Å². The first kappa shape index (κ1) is 8.85. The molecule has 2 heterocycles. The summed E-state index contributed by atoms with van der Waals surface area (Å²) in [5.74, 6) is -0.404. The smallest absolute Gasteiger partial charge is 0.265 e. The fourth-order valence-electron chi connectivity index (χ4n) is 1.53. The van der Waals surface area contributed by atoms with Gasteiger partial charge in [0.25, 0.3) is 11.8 Å². The highest BCUT2D eigenvalue weighted by molar-refractivity contribution is 7.17. The van der Waals surface area contributed by atoms with E-state index in [2.05, 4.69) is 9.39 Å². The lowest BCUT2D eigenvalue weighted by Crippen LogP contribution is -2.18. The zero-order valence-corrected chi connectivity index (χ0v) is 9.22. The number of aryl methyl sites for hydroxylation is 2. The molecule has 0 spiro atoms. The first-order chi connectivity index (χ1) is 6.04. The topological polar surface area (TPSA) is 37.4 Å². The molecule has 0 aromatic carbocycles. The van der Waals surface area contributed by atoms with Gasteiger partial charge >= 0.3 is 0 Å². The van der Waals surface area contributed by atoms with Crippen molar-refractivity contribution in [3.63, 3.8) is 0 Å². The van der Waals surface area contributed by atoms with Crippen LogP contribution in [-0.4, -0.2) is 16.5 Å². The highest BCUT2D eigenvalue weighted by Gasteiger charge is 2.37. The molecule has 1 atom stereocenters. The monoisotopic (exact) mass is 213 g/mol. The second-order valence-corrected chi connectivity index (χ2v) is 4.89. The Kier molecular flexibility index (Phi) is 1.79. The fourth-order valence-corrected chi connectivity index (χ4v) is 2.83. The number of thiophene rings is 1. The van der Waals surface area contributed by atoms with Crippen molar-refractivity contribution in [1.29, 1.82) is 0 Å². The van der Waals surface area contributed by atoms with Crippen LogP contribution in [0.4, 0.5) is 0 Å². The summed E-state index contributed by atoms with van der Waals surface area (Å²) < 4.78 is 1.09. The maximum Gasteiger partial charge on any atom is 0.265 e. The van der Waals surface area contributed by atoms with Crippen molar-refractivity contribution < 1.29 is 9.59 Å². The molecule has 1 aromatic rings. The minimum absolute atomic E-state index is 0.202. The number of hydrogen-bond acceptors (Lipinski definition) is 3. The Hall–Kier alpha value is -0.730. The number of nitrogens with zero attached hydrogens (tertiary/aromatic N) is 1. The van der Waals surface area contributed by atoms with Gasteiger partial charge in [0, 0.05) is 9.75 Å². The van der Waals surface area contributed by atoms with Crippen molar-refractivity contribution in [1.82, 2.24) is 4.67 Å². The van der Waals surface area contributed by atoms with Crippen LogP contribution in [0.2, 0.25) is 0 Å². The van der Waals surface area contributed by atoms with E-state index in [-0.39, 0.29) is 11.8 Å². The number of carbonyl (C=O) groups is 2. The summed E-state index contributed by atoms with van der Waals surface area (Å²) >= 11 is 1.50. The Balaban J connectivity index is 2.75. The van der Waals surface area contributed by atoms with Gasteiger partial charge in [-0.25, -0.2) is 0 Å². The van der Waals surface area contributed by atoms with Crippen LogP contribution in [0.25, 0.3) is 0 Å². The number of carbonyl (C=O) groups excluding carboxylic acids is 2. The highest BCUT2D eigenvalue weighted by atomic mass is 32.1. The molecule has 0 N–H and O–H groups in total. The SMILES string of the molecule is Cc1sc(C)c2c1C(=O)N(P)C2=O. The van der Waals surface area contributed by atoms with E-state index in [1.165, 1.54) is 11.3 Å². The summed E-state index contributed by atoms with van der Waals surface area (Å²) in [5, 5.41) is 0. The third-order valence-electron chi connectivity index (χ3n) is 2.13. The van der Waals surface area contributed by atoms with Gasteiger partial charge in [-0.2, -0.15) is 0 Å². The van der Waals surface area contributed by atoms with Gasteiger partial charge in [-0.15, -0.1) is 11.3 Å². The maximum atomic E-state index is 11.5. The maximum absolute atomic E-state index is 11.5. The van der Waals surface area contributed by atoms with Crippen LogP contribution in [0, 0.1) is 13.8 Å². The summed E-state index contributed by atoms with van der Waals surface area (Å²) in [4.78, 5) is 24.9. The highest BCUT2D eigenvalue weighted by Crippen LogP contribution is 2.35. The molecule has 1 unspecified atom stereocenters. The molecule has 13 heavy (non-hydrogen) atoms. The van der Waals surface area contributed by atoms with Gasteiger partial charge in [-0.3, -0.25) is 14.3 Å². The van der Waals surface area contributed by atoms with Crippen LogP contribution < -0.4 is 0 Å². The lowest BCUT2D eigenvalue weighted by atomic mass is 10.1. The predicted octanol–water partition coefficient (Wildman–Crippen LogP) is 1.75. The number of rotatable bonds is 0. The molecule has 0 radical (unpaired) electrons. The summed E-state index contributed by atoms with van der Waals surface area (Å²) in [6.07, 6.45) is 0. The number of hydrogen-bond donors (Lipinski definition) is 0. The molecule has 5 heteroatoms. The van der Waals surface area contributed by atoms with E-state index in [0.29, 0.717) is 11.1 Å². The van der Waals surface area contributed by atoms with Gasteiger partial charge in [-0.1, -0.05) is 0 Å². The van der Waals surface area contributed by atoms with Crippen molar-refractivity contribution in [2.75, 3.05) is 0 Å². The average molecular weight is 213 g/mol. The van der Waals surface area contributed by atoms with E-state index in [0.717, 1.165) is 14.4 Å². The average Bonchev–Trinajstić information content (AvgIpc) is 2.47. The molecule has 0 saturated heterocycles. The lowest BCUT2D eigenvalue weighted by molar-refractivity contribution is 0.0775. The Morgan fingerprint density at radius 1 is 1.08 bits per heavy atom. The molecular formula is C8H8NO2PS. The van der Waals surface area contributed by atoms with Crippen molar-refractivity contribution in [3.8, 4) is 0 Å². The Labute approximate surface area is 82.0 Å². The molecule has 2 rings (SSSR count). The zero-order valence-electron chi connectivity index (χ0n) is 7.25. The largest absolute Gasteiger partial charge is 0.268 e.